The summed E-state index contributed by atoms with van der Waals surface area (Å²) >= 11 is 0. The van der Waals surface area contributed by atoms with Crippen molar-refractivity contribution in [2.24, 2.45) is 0 Å². The Morgan fingerprint density at radius 2 is 1.87 bits per heavy atom. The summed E-state index contributed by atoms with van der Waals surface area (Å²) in [5, 5.41) is 0. The standard InChI is InChI=1S/C14H16O/c1-9-3-5-11(6-4-9)13-8-12-7-10(2)14(13)15-12/h3-7,12-14H,8H2,1-2H3. The number of benzene rings is 1. The van der Waals surface area contributed by atoms with Gasteiger partial charge in [0.2, 0.25) is 0 Å². The van der Waals surface area contributed by atoms with E-state index in [0.29, 0.717) is 18.1 Å². The van der Waals surface area contributed by atoms with Gasteiger partial charge in [-0.05, 0) is 31.4 Å². The van der Waals surface area contributed by atoms with Gasteiger partial charge in [-0.2, -0.15) is 0 Å². The first-order valence-corrected chi connectivity index (χ1v) is 5.64. The van der Waals surface area contributed by atoms with E-state index in [9.17, 15) is 0 Å². The molecule has 78 valence electrons. The number of rotatable bonds is 1. The van der Waals surface area contributed by atoms with Crippen LogP contribution in [0.2, 0.25) is 0 Å². The number of aryl methyl sites for hydroxylation is 1. The van der Waals surface area contributed by atoms with Crippen molar-refractivity contribution in [3.8, 4) is 0 Å². The van der Waals surface area contributed by atoms with Crippen molar-refractivity contribution in [1.29, 1.82) is 0 Å². The Labute approximate surface area is 90.8 Å². The second-order valence-corrected chi connectivity index (χ2v) is 4.76. The van der Waals surface area contributed by atoms with Crippen LogP contribution in [0, 0.1) is 6.92 Å². The Morgan fingerprint density at radius 3 is 2.47 bits per heavy atom. The fraction of sp³-hybridized carbons (Fsp3) is 0.429. The quantitative estimate of drug-likeness (QED) is 0.632. The lowest BCUT2D eigenvalue weighted by molar-refractivity contribution is 0.111. The Morgan fingerprint density at radius 1 is 1.13 bits per heavy atom. The monoisotopic (exact) mass is 200 g/mol. The van der Waals surface area contributed by atoms with Crippen LogP contribution < -0.4 is 0 Å². The van der Waals surface area contributed by atoms with E-state index in [0.717, 1.165) is 6.42 Å². The molecule has 2 aliphatic rings. The molecule has 0 spiro atoms. The largest absolute Gasteiger partial charge is 0.366 e. The second kappa shape index (κ2) is 3.21. The third-order valence-corrected chi connectivity index (χ3v) is 3.58. The van der Waals surface area contributed by atoms with Crippen LogP contribution in [0.1, 0.15) is 30.4 Å². The summed E-state index contributed by atoms with van der Waals surface area (Å²) in [6.07, 6.45) is 4.15. The van der Waals surface area contributed by atoms with Gasteiger partial charge in [0.05, 0.1) is 12.2 Å². The molecule has 0 radical (unpaired) electrons. The van der Waals surface area contributed by atoms with E-state index in [1.54, 1.807) is 0 Å². The van der Waals surface area contributed by atoms with E-state index < -0.39 is 0 Å². The summed E-state index contributed by atoms with van der Waals surface area (Å²) in [7, 11) is 0. The summed E-state index contributed by atoms with van der Waals surface area (Å²) in [4.78, 5) is 0. The van der Waals surface area contributed by atoms with Gasteiger partial charge >= 0.3 is 0 Å². The molecule has 1 saturated heterocycles. The third kappa shape index (κ3) is 1.42. The lowest BCUT2D eigenvalue weighted by Crippen LogP contribution is -2.14. The van der Waals surface area contributed by atoms with Crippen molar-refractivity contribution < 1.29 is 4.74 Å². The van der Waals surface area contributed by atoms with E-state index in [1.807, 2.05) is 0 Å². The zero-order chi connectivity index (χ0) is 10.4. The highest BCUT2D eigenvalue weighted by Gasteiger charge is 2.40. The first kappa shape index (κ1) is 9.17. The molecule has 1 aromatic rings. The number of hydrogen-bond acceptors (Lipinski definition) is 1. The van der Waals surface area contributed by atoms with E-state index in [-0.39, 0.29) is 0 Å². The van der Waals surface area contributed by atoms with Gasteiger partial charge in [-0.25, -0.2) is 0 Å². The molecule has 1 nitrogen and oxygen atoms in total. The molecule has 1 heteroatoms. The van der Waals surface area contributed by atoms with E-state index in [4.69, 9.17) is 4.74 Å². The average Bonchev–Trinajstić information content (AvgIpc) is 2.77. The molecule has 0 amide bonds. The average molecular weight is 200 g/mol. The third-order valence-electron chi connectivity index (χ3n) is 3.58. The van der Waals surface area contributed by atoms with Gasteiger partial charge in [-0.3, -0.25) is 0 Å². The topological polar surface area (TPSA) is 9.23 Å². The van der Waals surface area contributed by atoms with Gasteiger partial charge < -0.3 is 4.74 Å². The maximum Gasteiger partial charge on any atom is 0.0860 e. The van der Waals surface area contributed by atoms with Crippen molar-refractivity contribution in [1.82, 2.24) is 0 Å². The minimum absolute atomic E-state index is 0.345. The first-order valence-electron chi connectivity index (χ1n) is 5.64. The summed E-state index contributed by atoms with van der Waals surface area (Å²) in [5.74, 6) is 0.584. The molecule has 2 aliphatic heterocycles. The number of hydrogen-bond donors (Lipinski definition) is 0. The molecule has 0 saturated carbocycles. The maximum absolute atomic E-state index is 5.89. The highest BCUT2D eigenvalue weighted by atomic mass is 16.5. The first-order chi connectivity index (χ1) is 7.24. The Kier molecular flexibility index (Phi) is 1.96. The number of ether oxygens (including phenoxy) is 1. The maximum atomic E-state index is 5.89. The van der Waals surface area contributed by atoms with E-state index >= 15 is 0 Å². The molecular formula is C14H16O. The second-order valence-electron chi connectivity index (χ2n) is 4.76. The molecule has 3 unspecified atom stereocenters. The van der Waals surface area contributed by atoms with Crippen molar-refractivity contribution >= 4 is 0 Å². The zero-order valence-electron chi connectivity index (χ0n) is 9.23. The number of fused-ring (bicyclic) bond motifs is 2. The van der Waals surface area contributed by atoms with Crippen molar-refractivity contribution in [2.45, 2.75) is 38.4 Å². The van der Waals surface area contributed by atoms with Gasteiger partial charge in [-0.1, -0.05) is 35.9 Å². The molecule has 0 aliphatic carbocycles. The van der Waals surface area contributed by atoms with Gasteiger partial charge in [0.1, 0.15) is 0 Å². The minimum atomic E-state index is 0.345. The summed E-state index contributed by atoms with van der Waals surface area (Å²) in [5.41, 5.74) is 4.17. The molecule has 1 fully saturated rings. The summed E-state index contributed by atoms with van der Waals surface area (Å²) in [6, 6.07) is 8.88. The zero-order valence-corrected chi connectivity index (χ0v) is 9.23. The molecular weight excluding hydrogens is 184 g/mol. The van der Waals surface area contributed by atoms with Crippen molar-refractivity contribution in [2.75, 3.05) is 0 Å². The van der Waals surface area contributed by atoms with Crippen LogP contribution in [0.5, 0.6) is 0 Å². The fourth-order valence-corrected chi connectivity index (χ4v) is 2.76. The van der Waals surface area contributed by atoms with Gasteiger partial charge in [0.15, 0.2) is 0 Å². The van der Waals surface area contributed by atoms with Gasteiger partial charge in [0.25, 0.3) is 0 Å². The Balaban J connectivity index is 1.91. The highest BCUT2D eigenvalue weighted by molar-refractivity contribution is 5.33. The molecule has 2 heterocycles. The summed E-state index contributed by atoms with van der Waals surface area (Å²) in [6.45, 7) is 4.32. The van der Waals surface area contributed by atoms with Crippen molar-refractivity contribution in [3.63, 3.8) is 0 Å². The SMILES string of the molecule is CC1=CC2CC(c3ccc(C)cc3)C1O2. The summed E-state index contributed by atoms with van der Waals surface area (Å²) < 4.78 is 5.89. The smallest absolute Gasteiger partial charge is 0.0860 e. The minimum Gasteiger partial charge on any atom is -0.366 e. The van der Waals surface area contributed by atoms with Gasteiger partial charge in [0, 0.05) is 5.92 Å². The molecule has 0 N–H and O–H groups in total. The van der Waals surface area contributed by atoms with Crippen molar-refractivity contribution in [3.05, 3.63) is 47.0 Å². The van der Waals surface area contributed by atoms with Crippen LogP contribution in [-0.4, -0.2) is 12.2 Å². The lowest BCUT2D eigenvalue weighted by Gasteiger charge is -2.19. The van der Waals surface area contributed by atoms with E-state index in [2.05, 4.69) is 44.2 Å². The fourth-order valence-electron chi connectivity index (χ4n) is 2.76. The molecule has 3 rings (SSSR count). The normalized spacial score (nSPS) is 33.2. The molecule has 15 heavy (non-hydrogen) atoms. The van der Waals surface area contributed by atoms with Crippen LogP contribution in [0.4, 0.5) is 0 Å². The van der Waals surface area contributed by atoms with Crippen LogP contribution in [0.15, 0.2) is 35.9 Å². The molecule has 0 aromatic heterocycles. The predicted molar refractivity (Wildman–Crippen MR) is 61.0 cm³/mol. The Bertz CT molecular complexity index is 402. The van der Waals surface area contributed by atoms with Crippen LogP contribution >= 0.6 is 0 Å². The van der Waals surface area contributed by atoms with E-state index in [1.165, 1.54) is 16.7 Å². The predicted octanol–water partition coefficient (Wildman–Crippen LogP) is 3.20. The van der Waals surface area contributed by atoms with Gasteiger partial charge in [-0.15, -0.1) is 0 Å². The molecule has 1 aromatic carbocycles. The molecule has 2 bridgehead atoms. The lowest BCUT2D eigenvalue weighted by atomic mass is 9.84. The van der Waals surface area contributed by atoms with Crippen LogP contribution in [-0.2, 0) is 4.74 Å². The van der Waals surface area contributed by atoms with Crippen LogP contribution in [0.3, 0.4) is 0 Å². The molecule has 3 atom stereocenters. The highest BCUT2D eigenvalue weighted by Crippen LogP contribution is 2.43. The van der Waals surface area contributed by atoms with Crippen LogP contribution in [0.25, 0.3) is 0 Å². The Hall–Kier alpha value is -1.08.